The number of amides is 1. The standard InChI is InChI=1S/C14H8ClN3O5S/c15-10-5-9(2-1-8(10)6-16)17-12(19)7-23-14(20)11-3-4-13(24-11)18(21)22/h1-5H,7H2,(H,17,19). The minimum atomic E-state index is -0.832. The summed E-state index contributed by atoms with van der Waals surface area (Å²) in [5, 5.41) is 21.7. The number of ether oxygens (including phenoxy) is 1. The molecule has 0 aliphatic rings. The lowest BCUT2D eigenvalue weighted by Crippen LogP contribution is -2.20. The number of nitro groups is 1. The number of nitrogens with zero attached hydrogens (tertiary/aromatic N) is 2. The topological polar surface area (TPSA) is 122 Å². The number of benzene rings is 1. The zero-order chi connectivity index (χ0) is 17.7. The van der Waals surface area contributed by atoms with Crippen molar-refractivity contribution in [1.29, 1.82) is 5.26 Å². The second kappa shape index (κ2) is 7.54. The second-order valence-electron chi connectivity index (χ2n) is 4.33. The number of carbonyl (C=O) groups is 2. The van der Waals surface area contributed by atoms with Crippen molar-refractivity contribution < 1.29 is 19.2 Å². The molecule has 1 aromatic heterocycles. The lowest BCUT2D eigenvalue weighted by atomic mass is 10.2. The molecule has 1 N–H and O–H groups in total. The summed E-state index contributed by atoms with van der Waals surface area (Å²) in [6.07, 6.45) is 0. The number of hydrogen-bond donors (Lipinski definition) is 1. The molecule has 1 heterocycles. The SMILES string of the molecule is N#Cc1ccc(NC(=O)COC(=O)c2ccc([N+](=O)[O-])s2)cc1Cl. The molecule has 2 aromatic rings. The van der Waals surface area contributed by atoms with Crippen molar-refractivity contribution in [1.82, 2.24) is 0 Å². The van der Waals surface area contributed by atoms with Crippen LogP contribution < -0.4 is 5.32 Å². The van der Waals surface area contributed by atoms with E-state index >= 15 is 0 Å². The molecule has 8 nitrogen and oxygen atoms in total. The zero-order valence-corrected chi connectivity index (χ0v) is 13.4. The van der Waals surface area contributed by atoms with E-state index in [4.69, 9.17) is 21.6 Å². The molecule has 2 rings (SSSR count). The molecule has 0 aliphatic carbocycles. The third-order valence-corrected chi connectivity index (χ3v) is 4.01. The summed E-state index contributed by atoms with van der Waals surface area (Å²) < 4.78 is 4.78. The van der Waals surface area contributed by atoms with Gasteiger partial charge in [0.05, 0.1) is 15.5 Å². The molecule has 0 saturated heterocycles. The van der Waals surface area contributed by atoms with Crippen molar-refractivity contribution in [2.75, 3.05) is 11.9 Å². The van der Waals surface area contributed by atoms with E-state index in [1.54, 1.807) is 0 Å². The van der Waals surface area contributed by atoms with Crippen LogP contribution in [0.2, 0.25) is 5.02 Å². The molecule has 0 spiro atoms. The summed E-state index contributed by atoms with van der Waals surface area (Å²) in [5.41, 5.74) is 0.604. The highest BCUT2D eigenvalue weighted by molar-refractivity contribution is 7.17. The van der Waals surface area contributed by atoms with Crippen molar-refractivity contribution in [3.8, 4) is 6.07 Å². The van der Waals surface area contributed by atoms with Crippen LogP contribution in [-0.4, -0.2) is 23.4 Å². The van der Waals surface area contributed by atoms with E-state index in [0.717, 1.165) is 0 Å². The predicted octanol–water partition coefficient (Wildman–Crippen LogP) is 2.98. The molecular formula is C14H8ClN3O5S. The number of thiophene rings is 1. The van der Waals surface area contributed by atoms with Gasteiger partial charge in [-0.25, -0.2) is 4.79 Å². The van der Waals surface area contributed by atoms with Crippen LogP contribution >= 0.6 is 22.9 Å². The highest BCUT2D eigenvalue weighted by Gasteiger charge is 2.17. The summed E-state index contributed by atoms with van der Waals surface area (Å²) in [6, 6.07) is 8.63. The fourth-order valence-corrected chi connectivity index (χ4v) is 2.56. The number of nitrogens with one attached hydrogen (secondary N) is 1. The number of halogens is 1. The van der Waals surface area contributed by atoms with Crippen LogP contribution in [0.25, 0.3) is 0 Å². The number of esters is 1. The Morgan fingerprint density at radius 3 is 2.71 bits per heavy atom. The Balaban J connectivity index is 1.90. The summed E-state index contributed by atoms with van der Waals surface area (Å²) in [6.45, 7) is -0.567. The lowest BCUT2D eigenvalue weighted by Gasteiger charge is -2.06. The molecule has 0 bridgehead atoms. The smallest absolute Gasteiger partial charge is 0.349 e. The molecule has 0 radical (unpaired) electrons. The van der Waals surface area contributed by atoms with Gasteiger partial charge in [-0.3, -0.25) is 14.9 Å². The molecule has 1 aromatic carbocycles. The fraction of sp³-hybridized carbons (Fsp3) is 0.0714. The van der Waals surface area contributed by atoms with Gasteiger partial charge < -0.3 is 10.1 Å². The van der Waals surface area contributed by atoms with Crippen LogP contribution in [0.4, 0.5) is 10.7 Å². The maximum Gasteiger partial charge on any atom is 0.349 e. The lowest BCUT2D eigenvalue weighted by molar-refractivity contribution is -0.380. The van der Waals surface area contributed by atoms with E-state index in [1.165, 1.54) is 30.3 Å². The van der Waals surface area contributed by atoms with Crippen LogP contribution in [0.5, 0.6) is 0 Å². The number of nitriles is 1. The molecule has 1 amide bonds. The number of hydrogen-bond acceptors (Lipinski definition) is 7. The minimum absolute atomic E-state index is 0.0240. The Bertz CT molecular complexity index is 858. The number of carbonyl (C=O) groups excluding carboxylic acids is 2. The van der Waals surface area contributed by atoms with Gasteiger partial charge in [-0.1, -0.05) is 22.9 Å². The largest absolute Gasteiger partial charge is 0.451 e. The Morgan fingerprint density at radius 2 is 2.12 bits per heavy atom. The third kappa shape index (κ3) is 4.28. The first-order chi connectivity index (χ1) is 11.4. The number of rotatable bonds is 5. The molecule has 0 fully saturated rings. The first-order valence-electron chi connectivity index (χ1n) is 6.31. The van der Waals surface area contributed by atoms with Crippen LogP contribution in [0.3, 0.4) is 0 Å². The van der Waals surface area contributed by atoms with Gasteiger partial charge in [-0.2, -0.15) is 5.26 Å². The van der Waals surface area contributed by atoms with Crippen LogP contribution in [0.1, 0.15) is 15.2 Å². The van der Waals surface area contributed by atoms with Crippen LogP contribution in [-0.2, 0) is 9.53 Å². The van der Waals surface area contributed by atoms with Gasteiger partial charge in [0, 0.05) is 11.8 Å². The molecule has 24 heavy (non-hydrogen) atoms. The molecule has 0 saturated carbocycles. The monoisotopic (exact) mass is 365 g/mol. The highest BCUT2D eigenvalue weighted by Crippen LogP contribution is 2.24. The van der Waals surface area contributed by atoms with Gasteiger partial charge in [0.15, 0.2) is 6.61 Å². The van der Waals surface area contributed by atoms with Gasteiger partial charge in [-0.15, -0.1) is 0 Å². The predicted molar refractivity (Wildman–Crippen MR) is 86.1 cm³/mol. The summed E-state index contributed by atoms with van der Waals surface area (Å²) in [4.78, 5) is 33.4. The molecule has 10 heteroatoms. The number of anilines is 1. The van der Waals surface area contributed by atoms with Gasteiger partial charge in [-0.05, 0) is 24.3 Å². The molecular weight excluding hydrogens is 358 g/mol. The van der Waals surface area contributed by atoms with E-state index in [9.17, 15) is 19.7 Å². The van der Waals surface area contributed by atoms with Gasteiger partial charge in [0.2, 0.25) is 0 Å². The Labute approximate surface area is 144 Å². The molecule has 0 aliphatic heterocycles. The van der Waals surface area contributed by atoms with Crippen molar-refractivity contribution >= 4 is 45.5 Å². The van der Waals surface area contributed by atoms with E-state index in [-0.39, 0.29) is 20.5 Å². The first-order valence-corrected chi connectivity index (χ1v) is 7.51. The van der Waals surface area contributed by atoms with Crippen molar-refractivity contribution in [2.24, 2.45) is 0 Å². The summed E-state index contributed by atoms with van der Waals surface area (Å²) in [7, 11) is 0. The molecule has 0 atom stereocenters. The van der Waals surface area contributed by atoms with E-state index in [2.05, 4.69) is 5.32 Å². The van der Waals surface area contributed by atoms with E-state index < -0.39 is 23.4 Å². The molecule has 122 valence electrons. The first kappa shape index (κ1) is 17.4. The summed E-state index contributed by atoms with van der Waals surface area (Å²) >= 11 is 6.49. The summed E-state index contributed by atoms with van der Waals surface area (Å²) in [5.74, 6) is -1.45. The van der Waals surface area contributed by atoms with E-state index in [1.807, 2.05) is 6.07 Å². The van der Waals surface area contributed by atoms with Crippen molar-refractivity contribution in [2.45, 2.75) is 0 Å². The average molecular weight is 366 g/mol. The quantitative estimate of drug-likeness (QED) is 0.493. The molecule has 0 unspecified atom stereocenters. The van der Waals surface area contributed by atoms with Gasteiger partial charge in [0.25, 0.3) is 5.91 Å². The van der Waals surface area contributed by atoms with Gasteiger partial charge in [0.1, 0.15) is 10.9 Å². The Kier molecular flexibility index (Phi) is 5.47. The minimum Gasteiger partial charge on any atom is -0.451 e. The Hall–Kier alpha value is -2.96. The normalized spacial score (nSPS) is 9.83. The fourth-order valence-electron chi connectivity index (χ4n) is 1.62. The average Bonchev–Trinajstić information content (AvgIpc) is 3.03. The van der Waals surface area contributed by atoms with Crippen LogP contribution in [0.15, 0.2) is 30.3 Å². The third-order valence-electron chi connectivity index (χ3n) is 2.68. The Morgan fingerprint density at radius 1 is 1.38 bits per heavy atom. The maximum absolute atomic E-state index is 11.7. The highest BCUT2D eigenvalue weighted by atomic mass is 35.5. The maximum atomic E-state index is 11.7. The van der Waals surface area contributed by atoms with E-state index in [0.29, 0.717) is 17.0 Å². The zero-order valence-electron chi connectivity index (χ0n) is 11.8. The van der Waals surface area contributed by atoms with Gasteiger partial charge >= 0.3 is 11.0 Å². The van der Waals surface area contributed by atoms with Crippen molar-refractivity contribution in [3.05, 3.63) is 55.9 Å². The second-order valence-corrected chi connectivity index (χ2v) is 5.80. The van der Waals surface area contributed by atoms with Crippen molar-refractivity contribution in [3.63, 3.8) is 0 Å². The van der Waals surface area contributed by atoms with Crippen LogP contribution in [0, 0.1) is 21.4 Å².